The van der Waals surface area contributed by atoms with Crippen LogP contribution in [-0.4, -0.2) is 24.0 Å². The van der Waals surface area contributed by atoms with Gasteiger partial charge in [0.05, 0.1) is 0 Å². The van der Waals surface area contributed by atoms with Crippen LogP contribution in [0.3, 0.4) is 0 Å². The van der Waals surface area contributed by atoms with E-state index in [9.17, 15) is 0 Å². The molecule has 2 heteroatoms. The molecule has 1 aliphatic heterocycles. The number of nitrogens with zero attached hydrogens (tertiary/aromatic N) is 1. The van der Waals surface area contributed by atoms with Gasteiger partial charge in [0.25, 0.3) is 0 Å². The zero-order valence-corrected chi connectivity index (χ0v) is 9.45. The SMILES string of the molecule is Cc1ccccc1CN1CCC(N)CC1. The van der Waals surface area contributed by atoms with Gasteiger partial charge in [-0.2, -0.15) is 0 Å². The topological polar surface area (TPSA) is 29.3 Å². The van der Waals surface area contributed by atoms with Crippen molar-refractivity contribution >= 4 is 0 Å². The van der Waals surface area contributed by atoms with E-state index in [0.29, 0.717) is 6.04 Å². The van der Waals surface area contributed by atoms with E-state index in [2.05, 4.69) is 36.1 Å². The van der Waals surface area contributed by atoms with Crippen molar-refractivity contribution in [3.05, 3.63) is 35.4 Å². The first-order valence-corrected chi connectivity index (χ1v) is 5.78. The number of hydrogen-bond donors (Lipinski definition) is 1. The van der Waals surface area contributed by atoms with Crippen LogP contribution in [0.4, 0.5) is 0 Å². The second-order valence-corrected chi connectivity index (χ2v) is 4.54. The van der Waals surface area contributed by atoms with E-state index in [1.165, 1.54) is 11.1 Å². The highest BCUT2D eigenvalue weighted by Gasteiger charge is 2.16. The fourth-order valence-corrected chi connectivity index (χ4v) is 2.14. The van der Waals surface area contributed by atoms with E-state index < -0.39 is 0 Å². The Labute approximate surface area is 92.1 Å². The number of nitrogens with two attached hydrogens (primary N) is 1. The van der Waals surface area contributed by atoms with Gasteiger partial charge in [0.1, 0.15) is 0 Å². The Balaban J connectivity index is 1.95. The van der Waals surface area contributed by atoms with Gasteiger partial charge < -0.3 is 5.73 Å². The van der Waals surface area contributed by atoms with E-state index in [4.69, 9.17) is 5.73 Å². The Hall–Kier alpha value is -0.860. The van der Waals surface area contributed by atoms with Crippen molar-refractivity contribution < 1.29 is 0 Å². The van der Waals surface area contributed by atoms with Crippen LogP contribution in [0.5, 0.6) is 0 Å². The van der Waals surface area contributed by atoms with Crippen LogP contribution in [0.15, 0.2) is 24.3 Å². The Morgan fingerprint density at radius 3 is 2.60 bits per heavy atom. The minimum absolute atomic E-state index is 0.429. The molecule has 82 valence electrons. The molecule has 0 aliphatic carbocycles. The summed E-state index contributed by atoms with van der Waals surface area (Å²) in [5.41, 5.74) is 8.74. The molecule has 0 bridgehead atoms. The quantitative estimate of drug-likeness (QED) is 0.797. The molecule has 0 saturated carbocycles. The average Bonchev–Trinajstić information content (AvgIpc) is 2.25. The minimum atomic E-state index is 0.429. The fraction of sp³-hybridized carbons (Fsp3) is 0.538. The smallest absolute Gasteiger partial charge is 0.0236 e. The normalized spacial score (nSPS) is 19.3. The van der Waals surface area contributed by atoms with Crippen LogP contribution < -0.4 is 5.73 Å². The Kier molecular flexibility index (Phi) is 3.39. The zero-order chi connectivity index (χ0) is 10.7. The van der Waals surface area contributed by atoms with Crippen molar-refractivity contribution in [1.29, 1.82) is 0 Å². The van der Waals surface area contributed by atoms with Crippen LogP contribution in [0.1, 0.15) is 24.0 Å². The van der Waals surface area contributed by atoms with Gasteiger partial charge in [0.15, 0.2) is 0 Å². The molecule has 0 radical (unpaired) electrons. The highest BCUT2D eigenvalue weighted by Crippen LogP contribution is 2.14. The summed E-state index contributed by atoms with van der Waals surface area (Å²) in [6.07, 6.45) is 2.29. The average molecular weight is 204 g/mol. The molecular formula is C13H20N2. The lowest BCUT2D eigenvalue weighted by Crippen LogP contribution is -2.39. The molecule has 15 heavy (non-hydrogen) atoms. The van der Waals surface area contributed by atoms with E-state index in [-0.39, 0.29) is 0 Å². The van der Waals surface area contributed by atoms with E-state index in [0.717, 1.165) is 32.5 Å². The third-order valence-corrected chi connectivity index (χ3v) is 3.29. The molecule has 1 saturated heterocycles. The Morgan fingerprint density at radius 2 is 1.93 bits per heavy atom. The lowest BCUT2D eigenvalue weighted by atomic mass is 10.0. The zero-order valence-electron chi connectivity index (χ0n) is 9.45. The number of benzene rings is 1. The molecule has 1 fully saturated rings. The van der Waals surface area contributed by atoms with Crippen molar-refractivity contribution in [2.75, 3.05) is 13.1 Å². The lowest BCUT2D eigenvalue weighted by Gasteiger charge is -2.30. The van der Waals surface area contributed by atoms with Crippen LogP contribution >= 0.6 is 0 Å². The van der Waals surface area contributed by atoms with Crippen molar-refractivity contribution in [1.82, 2.24) is 4.90 Å². The summed E-state index contributed by atoms with van der Waals surface area (Å²) in [5.74, 6) is 0. The molecule has 0 amide bonds. The number of aryl methyl sites for hydroxylation is 1. The molecule has 0 aromatic heterocycles. The summed E-state index contributed by atoms with van der Waals surface area (Å²) >= 11 is 0. The van der Waals surface area contributed by atoms with Gasteiger partial charge in [-0.15, -0.1) is 0 Å². The van der Waals surface area contributed by atoms with Crippen molar-refractivity contribution in [3.63, 3.8) is 0 Å². The third kappa shape index (κ3) is 2.80. The van der Waals surface area contributed by atoms with Crippen molar-refractivity contribution in [2.24, 2.45) is 5.73 Å². The standard InChI is InChI=1S/C13H20N2/c1-11-4-2-3-5-12(11)10-15-8-6-13(14)7-9-15/h2-5,13H,6-10,14H2,1H3. The van der Waals surface area contributed by atoms with E-state index >= 15 is 0 Å². The summed E-state index contributed by atoms with van der Waals surface area (Å²) in [4.78, 5) is 2.51. The molecule has 1 aliphatic rings. The minimum Gasteiger partial charge on any atom is -0.328 e. The van der Waals surface area contributed by atoms with Gasteiger partial charge in [-0.1, -0.05) is 24.3 Å². The van der Waals surface area contributed by atoms with Crippen LogP contribution in [0.25, 0.3) is 0 Å². The van der Waals surface area contributed by atoms with Gasteiger partial charge in [0.2, 0.25) is 0 Å². The molecule has 0 atom stereocenters. The molecular weight excluding hydrogens is 184 g/mol. The highest BCUT2D eigenvalue weighted by atomic mass is 15.1. The number of rotatable bonds is 2. The maximum absolute atomic E-state index is 5.89. The maximum Gasteiger partial charge on any atom is 0.0236 e. The molecule has 1 aromatic carbocycles. The van der Waals surface area contributed by atoms with E-state index in [1.54, 1.807) is 0 Å². The first-order chi connectivity index (χ1) is 7.25. The first-order valence-electron chi connectivity index (χ1n) is 5.78. The van der Waals surface area contributed by atoms with Gasteiger partial charge in [0, 0.05) is 12.6 Å². The highest BCUT2D eigenvalue weighted by molar-refractivity contribution is 5.25. The Morgan fingerprint density at radius 1 is 1.27 bits per heavy atom. The lowest BCUT2D eigenvalue weighted by molar-refractivity contribution is 0.205. The molecule has 2 N–H and O–H groups in total. The second kappa shape index (κ2) is 4.77. The van der Waals surface area contributed by atoms with Gasteiger partial charge >= 0.3 is 0 Å². The van der Waals surface area contributed by atoms with Gasteiger partial charge in [-0.3, -0.25) is 4.90 Å². The predicted octanol–water partition coefficient (Wildman–Crippen LogP) is 1.92. The molecule has 2 nitrogen and oxygen atoms in total. The molecule has 0 spiro atoms. The monoisotopic (exact) mass is 204 g/mol. The fourth-order valence-electron chi connectivity index (χ4n) is 2.14. The second-order valence-electron chi connectivity index (χ2n) is 4.54. The Bertz CT molecular complexity index is 314. The maximum atomic E-state index is 5.89. The van der Waals surface area contributed by atoms with Gasteiger partial charge in [-0.05, 0) is 44.0 Å². The molecule has 0 unspecified atom stereocenters. The summed E-state index contributed by atoms with van der Waals surface area (Å²) in [5, 5.41) is 0. The first kappa shape index (κ1) is 10.7. The largest absolute Gasteiger partial charge is 0.328 e. The number of piperidine rings is 1. The van der Waals surface area contributed by atoms with Crippen LogP contribution in [0.2, 0.25) is 0 Å². The van der Waals surface area contributed by atoms with Gasteiger partial charge in [-0.25, -0.2) is 0 Å². The van der Waals surface area contributed by atoms with Crippen LogP contribution in [0, 0.1) is 6.92 Å². The van der Waals surface area contributed by atoms with Crippen LogP contribution in [-0.2, 0) is 6.54 Å². The summed E-state index contributed by atoms with van der Waals surface area (Å²) < 4.78 is 0. The summed E-state index contributed by atoms with van der Waals surface area (Å²) in [6, 6.07) is 9.07. The molecule has 2 rings (SSSR count). The van der Waals surface area contributed by atoms with Crippen molar-refractivity contribution in [3.8, 4) is 0 Å². The third-order valence-electron chi connectivity index (χ3n) is 3.29. The van der Waals surface area contributed by atoms with E-state index in [1.807, 2.05) is 0 Å². The van der Waals surface area contributed by atoms with Crippen molar-refractivity contribution in [2.45, 2.75) is 32.4 Å². The number of hydrogen-bond acceptors (Lipinski definition) is 2. The predicted molar refractivity (Wildman–Crippen MR) is 63.7 cm³/mol. The molecule has 1 heterocycles. The molecule has 1 aromatic rings. The summed E-state index contributed by atoms with van der Waals surface area (Å²) in [7, 11) is 0. The number of likely N-dealkylation sites (tertiary alicyclic amines) is 1. The summed E-state index contributed by atoms with van der Waals surface area (Å²) in [6.45, 7) is 5.56.